The summed E-state index contributed by atoms with van der Waals surface area (Å²) >= 11 is 0. The maximum absolute atomic E-state index is 11.4. The molecule has 0 saturated heterocycles. The Labute approximate surface area is 139 Å². The van der Waals surface area contributed by atoms with Crippen LogP contribution < -0.4 is 11.5 Å². The Balaban J connectivity index is 2.26. The van der Waals surface area contributed by atoms with E-state index in [0.29, 0.717) is 6.42 Å². The average Bonchev–Trinajstić information content (AvgIpc) is 2.56. The summed E-state index contributed by atoms with van der Waals surface area (Å²) in [5, 5.41) is 2.43. The fourth-order valence-electron chi connectivity index (χ4n) is 3.15. The Morgan fingerprint density at radius 2 is 1.78 bits per heavy atom. The minimum absolute atomic E-state index is 0.111. The van der Waals surface area contributed by atoms with Crippen molar-refractivity contribution in [2.45, 2.75) is 52.0 Å². The molecule has 1 unspecified atom stereocenters. The molecule has 0 spiro atoms. The summed E-state index contributed by atoms with van der Waals surface area (Å²) < 4.78 is 0. The molecule has 0 bridgehead atoms. The Morgan fingerprint density at radius 1 is 1.09 bits per heavy atom. The molecule has 0 aliphatic carbocycles. The van der Waals surface area contributed by atoms with Gasteiger partial charge in [0.25, 0.3) is 0 Å². The predicted octanol–water partition coefficient (Wildman–Crippen LogP) is 4.08. The number of carbonyl (C=O) groups is 1. The smallest absolute Gasteiger partial charge is 0.217 e. The lowest BCUT2D eigenvalue weighted by atomic mass is 9.86. The molecule has 0 radical (unpaired) electrons. The van der Waals surface area contributed by atoms with Gasteiger partial charge in [-0.25, -0.2) is 0 Å². The molecule has 0 heterocycles. The van der Waals surface area contributed by atoms with Gasteiger partial charge in [-0.05, 0) is 46.7 Å². The third-order valence-corrected chi connectivity index (χ3v) is 4.62. The van der Waals surface area contributed by atoms with Crippen molar-refractivity contribution >= 4 is 16.7 Å². The lowest BCUT2D eigenvalue weighted by molar-refractivity contribution is -0.119. The van der Waals surface area contributed by atoms with Gasteiger partial charge in [-0.3, -0.25) is 4.79 Å². The van der Waals surface area contributed by atoms with E-state index in [0.717, 1.165) is 31.2 Å². The monoisotopic (exact) mass is 312 g/mol. The number of hydrogen-bond donors (Lipinski definition) is 2. The van der Waals surface area contributed by atoms with Crippen LogP contribution in [0.2, 0.25) is 0 Å². The molecular formula is C20H28N2O. The molecule has 0 aliphatic heterocycles. The summed E-state index contributed by atoms with van der Waals surface area (Å²) in [5.74, 6) is -0.158. The van der Waals surface area contributed by atoms with Gasteiger partial charge in [-0.2, -0.15) is 0 Å². The Hall–Kier alpha value is -1.87. The SMILES string of the molecule is CCCC[C@@H](CC(N)=O)C(N)c1ccc2cc(CC)ccc2c1. The van der Waals surface area contributed by atoms with Crippen LogP contribution in [0.25, 0.3) is 10.8 Å². The zero-order valence-electron chi connectivity index (χ0n) is 14.2. The summed E-state index contributed by atoms with van der Waals surface area (Å²) in [6.45, 7) is 4.31. The van der Waals surface area contributed by atoms with Crippen LogP contribution in [0, 0.1) is 5.92 Å². The molecule has 2 rings (SSSR count). The van der Waals surface area contributed by atoms with Gasteiger partial charge in [0.1, 0.15) is 0 Å². The summed E-state index contributed by atoms with van der Waals surface area (Å²) in [6, 6.07) is 12.8. The highest BCUT2D eigenvalue weighted by Gasteiger charge is 2.21. The second kappa shape index (κ2) is 8.11. The highest BCUT2D eigenvalue weighted by molar-refractivity contribution is 5.84. The van der Waals surface area contributed by atoms with Gasteiger partial charge in [0.05, 0.1) is 0 Å². The van der Waals surface area contributed by atoms with E-state index in [9.17, 15) is 4.79 Å². The van der Waals surface area contributed by atoms with Gasteiger partial charge in [0.2, 0.25) is 5.91 Å². The summed E-state index contributed by atoms with van der Waals surface area (Å²) in [6.07, 6.45) is 4.49. The fraction of sp³-hybridized carbons (Fsp3) is 0.450. The Kier molecular flexibility index (Phi) is 6.17. The van der Waals surface area contributed by atoms with Gasteiger partial charge in [-0.1, -0.05) is 57.0 Å². The molecule has 2 aromatic rings. The molecule has 124 valence electrons. The Morgan fingerprint density at radius 3 is 2.43 bits per heavy atom. The molecule has 0 saturated carbocycles. The largest absolute Gasteiger partial charge is 0.370 e. The molecule has 1 amide bonds. The highest BCUT2D eigenvalue weighted by atomic mass is 16.1. The number of amides is 1. The number of hydrogen-bond acceptors (Lipinski definition) is 2. The van der Waals surface area contributed by atoms with Crippen LogP contribution in [0.1, 0.15) is 56.7 Å². The summed E-state index contributed by atoms with van der Waals surface area (Å²) in [5.41, 5.74) is 14.3. The zero-order valence-corrected chi connectivity index (χ0v) is 14.2. The molecule has 3 heteroatoms. The van der Waals surface area contributed by atoms with Crippen molar-refractivity contribution in [1.82, 2.24) is 0 Å². The number of primary amides is 1. The average molecular weight is 312 g/mol. The zero-order chi connectivity index (χ0) is 16.8. The first kappa shape index (κ1) is 17.5. The molecule has 4 N–H and O–H groups in total. The number of fused-ring (bicyclic) bond motifs is 1. The molecule has 0 aliphatic rings. The maximum Gasteiger partial charge on any atom is 0.217 e. The number of carbonyl (C=O) groups excluding carboxylic acids is 1. The number of unbranched alkanes of at least 4 members (excludes halogenated alkanes) is 1. The van der Waals surface area contributed by atoms with Crippen LogP contribution in [0.5, 0.6) is 0 Å². The normalized spacial score (nSPS) is 13.9. The van der Waals surface area contributed by atoms with E-state index in [4.69, 9.17) is 11.5 Å². The number of nitrogens with two attached hydrogens (primary N) is 2. The van der Waals surface area contributed by atoms with Crippen molar-refractivity contribution in [3.63, 3.8) is 0 Å². The minimum atomic E-state index is -0.269. The van der Waals surface area contributed by atoms with Crippen LogP contribution in [0.3, 0.4) is 0 Å². The van der Waals surface area contributed by atoms with E-state index in [1.165, 1.54) is 16.3 Å². The van der Waals surface area contributed by atoms with Crippen molar-refractivity contribution in [3.8, 4) is 0 Å². The Bertz CT molecular complexity index is 666. The van der Waals surface area contributed by atoms with Gasteiger partial charge < -0.3 is 11.5 Å². The van der Waals surface area contributed by atoms with Gasteiger partial charge >= 0.3 is 0 Å². The van der Waals surface area contributed by atoms with E-state index in [2.05, 4.69) is 50.2 Å². The van der Waals surface area contributed by atoms with E-state index in [-0.39, 0.29) is 17.9 Å². The molecule has 0 aromatic heterocycles. The topological polar surface area (TPSA) is 69.1 Å². The van der Waals surface area contributed by atoms with Gasteiger partial charge in [-0.15, -0.1) is 0 Å². The fourth-order valence-corrected chi connectivity index (χ4v) is 3.15. The molecule has 2 aromatic carbocycles. The molecule has 3 nitrogen and oxygen atoms in total. The van der Waals surface area contributed by atoms with Crippen molar-refractivity contribution < 1.29 is 4.79 Å². The molecule has 0 fully saturated rings. The van der Waals surface area contributed by atoms with Crippen LogP contribution >= 0.6 is 0 Å². The minimum Gasteiger partial charge on any atom is -0.370 e. The molecule has 2 atom stereocenters. The summed E-state index contributed by atoms with van der Waals surface area (Å²) in [7, 11) is 0. The standard InChI is InChI=1S/C20H28N2O/c1-3-5-6-17(13-19(21)23)20(22)18-10-9-15-11-14(4-2)7-8-16(15)12-18/h7-12,17,20H,3-6,13,22H2,1-2H3,(H2,21,23)/t17-,20?/m0/s1. The lowest BCUT2D eigenvalue weighted by Crippen LogP contribution is -2.26. The van der Waals surface area contributed by atoms with Crippen LogP contribution in [-0.4, -0.2) is 5.91 Å². The van der Waals surface area contributed by atoms with Crippen molar-refractivity contribution in [1.29, 1.82) is 0 Å². The number of aryl methyl sites for hydroxylation is 1. The first-order chi connectivity index (χ1) is 11.0. The van der Waals surface area contributed by atoms with E-state index >= 15 is 0 Å². The van der Waals surface area contributed by atoms with Gasteiger partial charge in [0.15, 0.2) is 0 Å². The number of rotatable bonds is 8. The number of benzene rings is 2. The second-order valence-corrected chi connectivity index (χ2v) is 6.39. The maximum atomic E-state index is 11.4. The highest BCUT2D eigenvalue weighted by Crippen LogP contribution is 2.29. The van der Waals surface area contributed by atoms with Crippen LogP contribution in [0.4, 0.5) is 0 Å². The molecular weight excluding hydrogens is 284 g/mol. The molecule has 23 heavy (non-hydrogen) atoms. The van der Waals surface area contributed by atoms with Gasteiger partial charge in [0, 0.05) is 12.5 Å². The predicted molar refractivity (Wildman–Crippen MR) is 97.1 cm³/mol. The first-order valence-electron chi connectivity index (χ1n) is 8.61. The van der Waals surface area contributed by atoms with Crippen molar-refractivity contribution in [3.05, 3.63) is 47.5 Å². The lowest BCUT2D eigenvalue weighted by Gasteiger charge is -2.23. The summed E-state index contributed by atoms with van der Waals surface area (Å²) in [4.78, 5) is 11.4. The van der Waals surface area contributed by atoms with Crippen molar-refractivity contribution in [2.75, 3.05) is 0 Å². The van der Waals surface area contributed by atoms with E-state index in [1.54, 1.807) is 0 Å². The van der Waals surface area contributed by atoms with Crippen LogP contribution in [0.15, 0.2) is 36.4 Å². The van der Waals surface area contributed by atoms with E-state index < -0.39 is 0 Å². The van der Waals surface area contributed by atoms with Crippen LogP contribution in [-0.2, 0) is 11.2 Å². The third kappa shape index (κ3) is 4.55. The van der Waals surface area contributed by atoms with E-state index in [1.807, 2.05) is 0 Å². The first-order valence-corrected chi connectivity index (χ1v) is 8.61. The quantitative estimate of drug-likeness (QED) is 0.771. The third-order valence-electron chi connectivity index (χ3n) is 4.62. The van der Waals surface area contributed by atoms with Crippen molar-refractivity contribution in [2.24, 2.45) is 17.4 Å². The second-order valence-electron chi connectivity index (χ2n) is 6.39.